The topological polar surface area (TPSA) is 54.0 Å². The highest BCUT2D eigenvalue weighted by Crippen LogP contribution is 2.17. The molecule has 0 unspecified atom stereocenters. The Labute approximate surface area is 141 Å². The Bertz CT molecular complexity index is 822. The summed E-state index contributed by atoms with van der Waals surface area (Å²) in [5.74, 6) is 0.358. The summed E-state index contributed by atoms with van der Waals surface area (Å²) in [6, 6.07) is 19.2. The number of pyridine rings is 1. The van der Waals surface area contributed by atoms with Crippen molar-refractivity contribution in [1.29, 1.82) is 0 Å². The van der Waals surface area contributed by atoms with Crippen LogP contribution >= 0.6 is 0 Å². The lowest BCUT2D eigenvalue weighted by Crippen LogP contribution is -2.12. The van der Waals surface area contributed by atoms with Crippen LogP contribution in [-0.2, 0) is 0 Å². The van der Waals surface area contributed by atoms with Gasteiger partial charge in [-0.1, -0.05) is 35.4 Å². The summed E-state index contributed by atoms with van der Waals surface area (Å²) >= 11 is 0. The van der Waals surface area contributed by atoms with Gasteiger partial charge in [0.1, 0.15) is 5.82 Å². The minimum atomic E-state index is -0.165. The number of hydrogen-bond acceptors (Lipinski definition) is 3. The number of aromatic nitrogens is 1. The number of nitrogens with zero attached hydrogens (tertiary/aromatic N) is 1. The molecule has 4 nitrogen and oxygen atoms in total. The average molecular weight is 317 g/mol. The van der Waals surface area contributed by atoms with Crippen LogP contribution < -0.4 is 10.6 Å². The summed E-state index contributed by atoms with van der Waals surface area (Å²) in [7, 11) is 0. The predicted octanol–water partition coefficient (Wildman–Crippen LogP) is 4.69. The quantitative estimate of drug-likeness (QED) is 0.733. The first-order valence-corrected chi connectivity index (χ1v) is 7.78. The lowest BCUT2D eigenvalue weighted by molar-refractivity contribution is 0.102. The number of hydrogen-bond donors (Lipinski definition) is 2. The van der Waals surface area contributed by atoms with E-state index in [4.69, 9.17) is 0 Å². The molecule has 24 heavy (non-hydrogen) atoms. The third-order valence-corrected chi connectivity index (χ3v) is 3.66. The minimum absolute atomic E-state index is 0.165. The van der Waals surface area contributed by atoms with Gasteiger partial charge in [0.15, 0.2) is 0 Å². The van der Waals surface area contributed by atoms with Gasteiger partial charge in [-0.15, -0.1) is 0 Å². The molecule has 0 atom stereocenters. The standard InChI is InChI=1S/C20H19N3O/c1-14-3-7-16(8-4-14)20(24)23-19-12-11-18(13-21-19)22-17-9-5-15(2)6-10-17/h3-13,22H,1-2H3,(H,21,23,24). The van der Waals surface area contributed by atoms with Crippen molar-refractivity contribution >= 4 is 23.1 Å². The van der Waals surface area contributed by atoms with Crippen molar-refractivity contribution in [3.05, 3.63) is 83.6 Å². The second-order valence-corrected chi connectivity index (χ2v) is 5.74. The lowest BCUT2D eigenvalue weighted by atomic mass is 10.1. The molecule has 2 N–H and O–H groups in total. The number of benzene rings is 2. The Balaban J connectivity index is 1.64. The fourth-order valence-electron chi connectivity index (χ4n) is 2.24. The largest absolute Gasteiger partial charge is 0.354 e. The maximum absolute atomic E-state index is 12.2. The molecule has 0 aliphatic carbocycles. The van der Waals surface area contributed by atoms with Gasteiger partial charge in [0.25, 0.3) is 5.91 Å². The predicted molar refractivity (Wildman–Crippen MR) is 97.8 cm³/mol. The lowest BCUT2D eigenvalue weighted by Gasteiger charge is -2.08. The van der Waals surface area contributed by atoms with E-state index in [9.17, 15) is 4.79 Å². The van der Waals surface area contributed by atoms with Gasteiger partial charge in [-0.3, -0.25) is 4.79 Å². The zero-order chi connectivity index (χ0) is 16.9. The van der Waals surface area contributed by atoms with Crippen molar-refractivity contribution in [3.8, 4) is 0 Å². The summed E-state index contributed by atoms with van der Waals surface area (Å²) in [5.41, 5.74) is 4.82. The number of amides is 1. The van der Waals surface area contributed by atoms with Crippen LogP contribution in [0.2, 0.25) is 0 Å². The molecule has 120 valence electrons. The Kier molecular flexibility index (Phi) is 4.57. The van der Waals surface area contributed by atoms with Gasteiger partial charge in [0, 0.05) is 11.3 Å². The first kappa shape index (κ1) is 15.7. The number of rotatable bonds is 4. The van der Waals surface area contributed by atoms with E-state index in [-0.39, 0.29) is 5.91 Å². The van der Waals surface area contributed by atoms with E-state index in [1.54, 1.807) is 24.4 Å². The van der Waals surface area contributed by atoms with Gasteiger partial charge >= 0.3 is 0 Å². The Hall–Kier alpha value is -3.14. The molecule has 3 rings (SSSR count). The van der Waals surface area contributed by atoms with E-state index < -0.39 is 0 Å². The molecule has 4 heteroatoms. The molecule has 0 saturated heterocycles. The van der Waals surface area contributed by atoms with Crippen LogP contribution in [0, 0.1) is 13.8 Å². The average Bonchev–Trinajstić information content (AvgIpc) is 2.59. The Morgan fingerprint density at radius 2 is 1.38 bits per heavy atom. The molecular weight excluding hydrogens is 298 g/mol. The third kappa shape index (κ3) is 3.98. The normalized spacial score (nSPS) is 10.2. The number of carbonyl (C=O) groups excluding carboxylic acids is 1. The summed E-state index contributed by atoms with van der Waals surface area (Å²) in [6.45, 7) is 4.04. The second-order valence-electron chi connectivity index (χ2n) is 5.74. The van der Waals surface area contributed by atoms with Crippen LogP contribution in [-0.4, -0.2) is 10.9 Å². The molecule has 1 heterocycles. The number of anilines is 3. The SMILES string of the molecule is Cc1ccc(Nc2ccc(NC(=O)c3ccc(C)cc3)nc2)cc1. The maximum Gasteiger partial charge on any atom is 0.256 e. The van der Waals surface area contributed by atoms with E-state index in [0.717, 1.165) is 16.9 Å². The zero-order valence-electron chi connectivity index (χ0n) is 13.7. The van der Waals surface area contributed by atoms with Crippen LogP contribution in [0.3, 0.4) is 0 Å². The van der Waals surface area contributed by atoms with E-state index in [2.05, 4.69) is 22.5 Å². The molecule has 0 bridgehead atoms. The van der Waals surface area contributed by atoms with Gasteiger partial charge in [-0.2, -0.15) is 0 Å². The van der Waals surface area contributed by atoms with Gasteiger partial charge in [-0.25, -0.2) is 4.98 Å². The number of carbonyl (C=O) groups is 1. The molecule has 0 fully saturated rings. The molecule has 0 radical (unpaired) electrons. The van der Waals surface area contributed by atoms with Crippen LogP contribution in [0.4, 0.5) is 17.2 Å². The minimum Gasteiger partial charge on any atom is -0.354 e. The van der Waals surface area contributed by atoms with Crippen LogP contribution in [0.25, 0.3) is 0 Å². The van der Waals surface area contributed by atoms with Gasteiger partial charge in [-0.05, 0) is 50.2 Å². The van der Waals surface area contributed by atoms with Crippen molar-refractivity contribution in [2.24, 2.45) is 0 Å². The highest BCUT2D eigenvalue weighted by atomic mass is 16.1. The monoisotopic (exact) mass is 317 g/mol. The summed E-state index contributed by atoms with van der Waals surface area (Å²) in [6.07, 6.45) is 1.70. The Morgan fingerprint density at radius 3 is 1.96 bits per heavy atom. The van der Waals surface area contributed by atoms with Gasteiger partial charge in [0.05, 0.1) is 11.9 Å². The van der Waals surface area contributed by atoms with Gasteiger partial charge < -0.3 is 10.6 Å². The molecule has 0 aliphatic rings. The molecule has 1 aromatic heterocycles. The van der Waals surface area contributed by atoms with Crippen LogP contribution in [0.5, 0.6) is 0 Å². The van der Waals surface area contributed by atoms with Crippen molar-refractivity contribution in [2.45, 2.75) is 13.8 Å². The van der Waals surface area contributed by atoms with E-state index in [1.807, 2.05) is 49.4 Å². The summed E-state index contributed by atoms with van der Waals surface area (Å²) in [4.78, 5) is 16.4. The number of nitrogens with one attached hydrogen (secondary N) is 2. The molecule has 2 aromatic carbocycles. The zero-order valence-corrected chi connectivity index (χ0v) is 13.7. The molecular formula is C20H19N3O. The van der Waals surface area contributed by atoms with E-state index >= 15 is 0 Å². The molecule has 0 spiro atoms. The summed E-state index contributed by atoms with van der Waals surface area (Å²) in [5, 5.41) is 6.07. The van der Waals surface area contributed by atoms with Crippen LogP contribution in [0.15, 0.2) is 66.9 Å². The Morgan fingerprint density at radius 1 is 0.792 bits per heavy atom. The molecule has 0 aliphatic heterocycles. The van der Waals surface area contributed by atoms with Crippen molar-refractivity contribution < 1.29 is 4.79 Å². The van der Waals surface area contributed by atoms with Crippen molar-refractivity contribution in [3.63, 3.8) is 0 Å². The fraction of sp³-hybridized carbons (Fsp3) is 0.100. The van der Waals surface area contributed by atoms with Crippen molar-refractivity contribution in [1.82, 2.24) is 4.98 Å². The second kappa shape index (κ2) is 6.96. The highest BCUT2D eigenvalue weighted by molar-refractivity contribution is 6.03. The molecule has 0 saturated carbocycles. The maximum atomic E-state index is 12.2. The first-order chi connectivity index (χ1) is 11.6. The van der Waals surface area contributed by atoms with Crippen LogP contribution in [0.1, 0.15) is 21.5 Å². The third-order valence-electron chi connectivity index (χ3n) is 3.66. The van der Waals surface area contributed by atoms with Gasteiger partial charge in [0.2, 0.25) is 0 Å². The number of aryl methyl sites for hydroxylation is 2. The van der Waals surface area contributed by atoms with E-state index in [0.29, 0.717) is 11.4 Å². The summed E-state index contributed by atoms with van der Waals surface area (Å²) < 4.78 is 0. The smallest absolute Gasteiger partial charge is 0.256 e. The highest BCUT2D eigenvalue weighted by Gasteiger charge is 2.06. The first-order valence-electron chi connectivity index (χ1n) is 7.78. The fourth-order valence-corrected chi connectivity index (χ4v) is 2.24. The van der Waals surface area contributed by atoms with E-state index in [1.165, 1.54) is 5.56 Å². The van der Waals surface area contributed by atoms with Crippen molar-refractivity contribution in [2.75, 3.05) is 10.6 Å². The molecule has 1 amide bonds. The molecule has 3 aromatic rings.